The zero-order valence-corrected chi connectivity index (χ0v) is 21.0. The van der Waals surface area contributed by atoms with E-state index in [1.54, 1.807) is 55.5 Å². The van der Waals surface area contributed by atoms with Gasteiger partial charge >= 0.3 is 6.18 Å². The third kappa shape index (κ3) is 4.59. The molecule has 8 nitrogen and oxygen atoms in total. The van der Waals surface area contributed by atoms with Gasteiger partial charge in [0.25, 0.3) is 5.91 Å². The van der Waals surface area contributed by atoms with Crippen LogP contribution in [0.1, 0.15) is 47.1 Å². The van der Waals surface area contributed by atoms with Crippen LogP contribution < -0.4 is 14.4 Å². The van der Waals surface area contributed by atoms with Gasteiger partial charge < -0.3 is 9.64 Å². The molecular weight excluding hydrogens is 509 g/mol. The normalized spacial score (nSPS) is 17.0. The average molecular weight is 535 g/mol. The molecule has 1 amide bonds. The first-order valence-electron chi connectivity index (χ1n) is 11.8. The number of anilines is 1. The molecule has 2 aliphatic rings. The first-order chi connectivity index (χ1) is 17.5. The van der Waals surface area contributed by atoms with E-state index in [1.807, 2.05) is 0 Å². The number of halogens is 3. The molecule has 1 fully saturated rings. The third-order valence-corrected chi connectivity index (χ3v) is 8.28. The molecule has 12 heteroatoms. The number of aromatic nitrogens is 2. The number of rotatable bonds is 7. The van der Waals surface area contributed by atoms with Crippen LogP contribution in [0.15, 0.2) is 48.5 Å². The highest BCUT2D eigenvalue weighted by atomic mass is 32.2. The molecule has 2 aromatic carbocycles. The van der Waals surface area contributed by atoms with E-state index in [0.29, 0.717) is 30.0 Å². The van der Waals surface area contributed by atoms with Crippen LogP contribution in [0.3, 0.4) is 0 Å². The zero-order valence-electron chi connectivity index (χ0n) is 20.2. The van der Waals surface area contributed by atoms with Crippen LogP contribution in [0.5, 0.6) is 5.75 Å². The van der Waals surface area contributed by atoms with Crippen molar-refractivity contribution in [3.8, 4) is 11.4 Å². The quantitative estimate of drug-likeness (QED) is 0.494. The van der Waals surface area contributed by atoms with E-state index in [0.717, 1.165) is 10.2 Å². The summed E-state index contributed by atoms with van der Waals surface area (Å²) in [5.74, 6) is -0.108. The highest BCUT2D eigenvalue weighted by Crippen LogP contribution is 2.46. The Morgan fingerprint density at radius 3 is 2.22 bits per heavy atom. The lowest BCUT2D eigenvalue weighted by Gasteiger charge is -2.28. The summed E-state index contributed by atoms with van der Waals surface area (Å²) >= 11 is 0. The molecule has 0 spiro atoms. The van der Waals surface area contributed by atoms with Gasteiger partial charge in [-0.2, -0.15) is 18.3 Å². The summed E-state index contributed by atoms with van der Waals surface area (Å²) in [5, 5.41) is 3.80. The Morgan fingerprint density at radius 2 is 1.68 bits per heavy atom. The van der Waals surface area contributed by atoms with Gasteiger partial charge in [-0.05, 0) is 68.1 Å². The maximum absolute atomic E-state index is 13.8. The summed E-state index contributed by atoms with van der Waals surface area (Å²) in [6, 6.07) is 13.1. The second kappa shape index (κ2) is 8.88. The van der Waals surface area contributed by atoms with Crippen molar-refractivity contribution < 1.29 is 31.1 Å². The van der Waals surface area contributed by atoms with Gasteiger partial charge in [-0.1, -0.05) is 12.1 Å². The van der Waals surface area contributed by atoms with Crippen LogP contribution in [0.4, 0.5) is 18.9 Å². The molecule has 196 valence electrons. The Kier molecular flexibility index (Phi) is 6.06. The van der Waals surface area contributed by atoms with Crippen molar-refractivity contribution in [1.29, 1.82) is 0 Å². The Bertz CT molecular complexity index is 1440. The molecule has 1 N–H and O–H groups in total. The number of nitrogens with zero attached hydrogens (tertiary/aromatic N) is 3. The van der Waals surface area contributed by atoms with Gasteiger partial charge in [0, 0.05) is 17.8 Å². The molecule has 37 heavy (non-hydrogen) atoms. The number of methoxy groups -OCH3 is 1. The van der Waals surface area contributed by atoms with E-state index in [2.05, 4.69) is 9.82 Å². The van der Waals surface area contributed by atoms with Crippen LogP contribution >= 0.6 is 0 Å². The average Bonchev–Trinajstić information content (AvgIpc) is 3.52. The number of carbonyl (C=O) groups is 1. The molecule has 0 bridgehead atoms. The number of hydrogen-bond acceptors (Lipinski definition) is 5. The van der Waals surface area contributed by atoms with E-state index in [9.17, 15) is 26.4 Å². The smallest absolute Gasteiger partial charge is 0.435 e. The number of nitrogens with one attached hydrogen (secondary N) is 1. The van der Waals surface area contributed by atoms with Crippen molar-refractivity contribution in [1.82, 2.24) is 14.5 Å². The standard InChI is InChI=1S/C25H25F3N4O4S/c1-3-37(34,35)30-24(13-14-24)16-4-6-17(7-5-16)31-15-12-20-21(23(31)33)32(29-22(20)25(26,27)28)18-8-10-19(36-2)11-9-18/h4-11,30H,3,12-15H2,1-2H3. The second-order valence-electron chi connectivity index (χ2n) is 9.12. The lowest BCUT2D eigenvalue weighted by molar-refractivity contribution is -0.141. The fourth-order valence-electron chi connectivity index (χ4n) is 4.65. The van der Waals surface area contributed by atoms with Crippen molar-refractivity contribution in [2.75, 3.05) is 24.3 Å². The van der Waals surface area contributed by atoms with Crippen LogP contribution in [0.2, 0.25) is 0 Å². The number of alkyl halides is 3. The molecule has 1 aliphatic carbocycles. The minimum atomic E-state index is -4.71. The van der Waals surface area contributed by atoms with E-state index in [4.69, 9.17) is 4.74 Å². The summed E-state index contributed by atoms with van der Waals surface area (Å²) in [5.41, 5.74) is -0.404. The van der Waals surface area contributed by atoms with Gasteiger partial charge in [-0.15, -0.1) is 0 Å². The Labute approximate surface area is 212 Å². The molecule has 5 rings (SSSR count). The van der Waals surface area contributed by atoms with Crippen LogP contribution in [-0.4, -0.2) is 43.5 Å². The molecule has 0 atom stereocenters. The predicted molar refractivity (Wildman–Crippen MR) is 130 cm³/mol. The number of ether oxygens (including phenoxy) is 1. The van der Waals surface area contributed by atoms with Gasteiger partial charge in [-0.3, -0.25) is 4.79 Å². The summed E-state index contributed by atoms with van der Waals surface area (Å²) < 4.78 is 74.5. The fraction of sp³-hybridized carbons (Fsp3) is 0.360. The van der Waals surface area contributed by atoms with Crippen molar-refractivity contribution in [2.45, 2.75) is 37.9 Å². The first kappa shape index (κ1) is 25.3. The van der Waals surface area contributed by atoms with Gasteiger partial charge in [0.1, 0.15) is 11.4 Å². The maximum Gasteiger partial charge on any atom is 0.435 e. The van der Waals surface area contributed by atoms with Crippen LogP contribution in [0.25, 0.3) is 5.69 Å². The molecule has 1 aliphatic heterocycles. The molecule has 1 saturated carbocycles. The molecule has 0 radical (unpaired) electrons. The highest BCUT2D eigenvalue weighted by molar-refractivity contribution is 7.89. The van der Waals surface area contributed by atoms with Crippen molar-refractivity contribution >= 4 is 21.6 Å². The number of fused-ring (bicyclic) bond motifs is 1. The number of sulfonamides is 1. The SMILES string of the molecule is CCS(=O)(=O)NC1(c2ccc(N3CCc4c(C(F)(F)F)nn(-c5ccc(OC)cc5)c4C3=O)cc2)CC1. The lowest BCUT2D eigenvalue weighted by atomic mass is 10.0. The molecule has 2 heterocycles. The van der Waals surface area contributed by atoms with Crippen molar-refractivity contribution in [3.05, 3.63) is 71.0 Å². The number of hydrogen-bond donors (Lipinski definition) is 1. The maximum atomic E-state index is 13.8. The minimum Gasteiger partial charge on any atom is -0.497 e. The zero-order chi connectivity index (χ0) is 26.6. The molecule has 0 unspecified atom stereocenters. The largest absolute Gasteiger partial charge is 0.497 e. The van der Waals surface area contributed by atoms with Crippen LogP contribution in [0, 0.1) is 0 Å². The van der Waals surface area contributed by atoms with Crippen LogP contribution in [-0.2, 0) is 28.2 Å². The van der Waals surface area contributed by atoms with E-state index in [1.165, 1.54) is 12.0 Å². The topological polar surface area (TPSA) is 93.5 Å². The first-order valence-corrected chi connectivity index (χ1v) is 13.4. The minimum absolute atomic E-state index is 0.0198. The van der Waals surface area contributed by atoms with Crippen molar-refractivity contribution in [2.24, 2.45) is 0 Å². The molecule has 3 aromatic rings. The lowest BCUT2D eigenvalue weighted by Crippen LogP contribution is -2.39. The second-order valence-corrected chi connectivity index (χ2v) is 11.1. The monoisotopic (exact) mass is 534 g/mol. The summed E-state index contributed by atoms with van der Waals surface area (Å²) in [7, 11) is -1.93. The Morgan fingerprint density at radius 1 is 1.05 bits per heavy atom. The summed E-state index contributed by atoms with van der Waals surface area (Å²) in [6.07, 6.45) is -3.40. The molecule has 1 aromatic heterocycles. The van der Waals surface area contributed by atoms with E-state index in [-0.39, 0.29) is 30.0 Å². The fourth-order valence-corrected chi connectivity index (χ4v) is 5.71. The third-order valence-electron chi connectivity index (χ3n) is 6.81. The predicted octanol–water partition coefficient (Wildman–Crippen LogP) is 4.03. The van der Waals surface area contributed by atoms with Crippen molar-refractivity contribution in [3.63, 3.8) is 0 Å². The van der Waals surface area contributed by atoms with E-state index < -0.39 is 33.3 Å². The number of amides is 1. The van der Waals surface area contributed by atoms with Gasteiger partial charge in [0.15, 0.2) is 5.69 Å². The number of benzene rings is 2. The van der Waals surface area contributed by atoms with E-state index >= 15 is 0 Å². The molecular formula is C25H25F3N4O4S. The summed E-state index contributed by atoms with van der Waals surface area (Å²) in [6.45, 7) is 1.62. The Hall–Kier alpha value is -3.38. The molecule has 0 saturated heterocycles. The van der Waals surface area contributed by atoms with Gasteiger partial charge in [-0.25, -0.2) is 17.8 Å². The summed E-state index contributed by atoms with van der Waals surface area (Å²) in [4.78, 5) is 15.0. The van der Waals surface area contributed by atoms with Gasteiger partial charge in [0.2, 0.25) is 10.0 Å². The van der Waals surface area contributed by atoms with Gasteiger partial charge in [0.05, 0.1) is 24.1 Å². The Balaban J connectivity index is 1.49. The highest BCUT2D eigenvalue weighted by Gasteiger charge is 2.47. The number of carbonyl (C=O) groups excluding carboxylic acids is 1.